The summed E-state index contributed by atoms with van der Waals surface area (Å²) in [6.07, 6.45) is 2.13. The van der Waals surface area contributed by atoms with Crippen LogP contribution in [0.15, 0.2) is 53.5 Å². The predicted octanol–water partition coefficient (Wildman–Crippen LogP) is 3.99. The number of hydrogen-bond donors (Lipinski definition) is 2. The molecule has 6 heteroatoms. The normalized spacial score (nSPS) is 15.0. The first kappa shape index (κ1) is 21.6. The molecule has 3 rings (SSSR count). The number of ether oxygens (including phenoxy) is 1. The zero-order valence-electron chi connectivity index (χ0n) is 15.8. The van der Waals surface area contributed by atoms with Crippen molar-refractivity contribution in [2.24, 2.45) is 4.99 Å². The van der Waals surface area contributed by atoms with Crippen LogP contribution in [0.1, 0.15) is 29.5 Å². The van der Waals surface area contributed by atoms with E-state index in [4.69, 9.17) is 4.74 Å². The molecule has 0 unspecified atom stereocenters. The molecule has 1 aliphatic rings. The van der Waals surface area contributed by atoms with Crippen LogP contribution in [-0.2, 0) is 23.3 Å². The third-order valence-corrected chi connectivity index (χ3v) is 4.97. The summed E-state index contributed by atoms with van der Waals surface area (Å²) in [5, 5.41) is 6.75. The molecule has 0 heterocycles. The van der Waals surface area contributed by atoms with Crippen molar-refractivity contribution in [3.63, 3.8) is 0 Å². The Bertz CT molecular complexity index is 778. The number of halogens is 2. The minimum atomic E-state index is -0.175. The van der Waals surface area contributed by atoms with Crippen molar-refractivity contribution >= 4 is 29.9 Å². The molecule has 0 aromatic heterocycles. The second-order valence-electron chi connectivity index (χ2n) is 6.77. The summed E-state index contributed by atoms with van der Waals surface area (Å²) < 4.78 is 18.8. The molecule has 2 aromatic carbocycles. The van der Waals surface area contributed by atoms with Crippen molar-refractivity contribution in [3.05, 3.63) is 71.0 Å². The SMILES string of the molecule is CN=C(NCc1ccccc1COC)NCC1(c2cccc(F)c2)CC1.I. The Hall–Kier alpha value is -1.67. The second-order valence-corrected chi connectivity index (χ2v) is 6.77. The van der Waals surface area contributed by atoms with E-state index in [1.807, 2.05) is 18.2 Å². The molecule has 0 radical (unpaired) electrons. The van der Waals surface area contributed by atoms with Gasteiger partial charge in [0, 0.05) is 32.7 Å². The van der Waals surface area contributed by atoms with Gasteiger partial charge in [-0.05, 0) is 41.7 Å². The highest BCUT2D eigenvalue weighted by Gasteiger charge is 2.44. The lowest BCUT2D eigenvalue weighted by atomic mass is 9.96. The van der Waals surface area contributed by atoms with Gasteiger partial charge in [0.15, 0.2) is 5.96 Å². The predicted molar refractivity (Wildman–Crippen MR) is 118 cm³/mol. The summed E-state index contributed by atoms with van der Waals surface area (Å²) in [6, 6.07) is 15.1. The number of nitrogens with one attached hydrogen (secondary N) is 2. The zero-order valence-corrected chi connectivity index (χ0v) is 18.1. The van der Waals surface area contributed by atoms with Crippen molar-refractivity contribution in [2.45, 2.75) is 31.4 Å². The fourth-order valence-corrected chi connectivity index (χ4v) is 3.22. The van der Waals surface area contributed by atoms with Gasteiger partial charge < -0.3 is 15.4 Å². The van der Waals surface area contributed by atoms with Gasteiger partial charge in [-0.2, -0.15) is 0 Å². The molecular weight excluding hydrogens is 456 g/mol. The van der Waals surface area contributed by atoms with E-state index in [0.29, 0.717) is 13.2 Å². The second kappa shape index (κ2) is 10.0. The minimum absolute atomic E-state index is 0. The van der Waals surface area contributed by atoms with Gasteiger partial charge in [-0.3, -0.25) is 4.99 Å². The number of aliphatic imine (C=N–C) groups is 1. The maximum Gasteiger partial charge on any atom is 0.191 e. The Morgan fingerprint density at radius 1 is 1.11 bits per heavy atom. The molecule has 4 nitrogen and oxygen atoms in total. The molecule has 0 saturated heterocycles. The topological polar surface area (TPSA) is 45.7 Å². The Labute approximate surface area is 177 Å². The first-order valence-electron chi connectivity index (χ1n) is 8.93. The molecule has 2 N–H and O–H groups in total. The van der Waals surface area contributed by atoms with E-state index in [9.17, 15) is 4.39 Å². The third-order valence-electron chi connectivity index (χ3n) is 4.97. The summed E-state index contributed by atoms with van der Waals surface area (Å²) in [4.78, 5) is 4.31. The first-order valence-corrected chi connectivity index (χ1v) is 8.93. The highest BCUT2D eigenvalue weighted by Crippen LogP contribution is 2.47. The van der Waals surface area contributed by atoms with Gasteiger partial charge in [0.25, 0.3) is 0 Å². The summed E-state index contributed by atoms with van der Waals surface area (Å²) >= 11 is 0. The van der Waals surface area contributed by atoms with Crippen LogP contribution in [0.25, 0.3) is 0 Å². The molecule has 0 spiro atoms. The summed E-state index contributed by atoms with van der Waals surface area (Å²) in [5.74, 6) is 0.575. The molecule has 2 aromatic rings. The van der Waals surface area contributed by atoms with Gasteiger partial charge in [-0.1, -0.05) is 36.4 Å². The van der Waals surface area contributed by atoms with Crippen LogP contribution in [0.4, 0.5) is 4.39 Å². The molecule has 146 valence electrons. The monoisotopic (exact) mass is 483 g/mol. The lowest BCUT2D eigenvalue weighted by molar-refractivity contribution is 0.184. The summed E-state index contributed by atoms with van der Waals surface area (Å²) in [6.45, 7) is 2.01. The van der Waals surface area contributed by atoms with E-state index in [0.717, 1.165) is 36.5 Å². The Morgan fingerprint density at radius 3 is 2.48 bits per heavy atom. The number of nitrogens with zero attached hydrogens (tertiary/aromatic N) is 1. The fraction of sp³-hybridized carbons (Fsp3) is 0.381. The van der Waals surface area contributed by atoms with Crippen molar-refractivity contribution in [1.29, 1.82) is 0 Å². The highest BCUT2D eigenvalue weighted by molar-refractivity contribution is 14.0. The molecule has 0 bridgehead atoms. The van der Waals surface area contributed by atoms with Crippen molar-refractivity contribution in [3.8, 4) is 0 Å². The van der Waals surface area contributed by atoms with E-state index in [1.54, 1.807) is 26.3 Å². The van der Waals surface area contributed by atoms with Crippen LogP contribution in [0.5, 0.6) is 0 Å². The standard InChI is InChI=1S/C21H26FN3O.HI/c1-23-20(24-13-16-6-3-4-7-17(16)14-26-2)25-15-21(10-11-21)18-8-5-9-19(22)12-18;/h3-9,12H,10-11,13-15H2,1-2H3,(H2,23,24,25);1H. The van der Waals surface area contributed by atoms with Gasteiger partial charge in [0.1, 0.15) is 5.82 Å². The Morgan fingerprint density at radius 2 is 1.85 bits per heavy atom. The summed E-state index contributed by atoms with van der Waals surface area (Å²) in [7, 11) is 3.46. The van der Waals surface area contributed by atoms with Crippen LogP contribution in [0.3, 0.4) is 0 Å². The summed E-state index contributed by atoms with van der Waals surface area (Å²) in [5.41, 5.74) is 3.43. The lowest BCUT2D eigenvalue weighted by Crippen LogP contribution is -2.41. The smallest absolute Gasteiger partial charge is 0.191 e. The van der Waals surface area contributed by atoms with Crippen LogP contribution >= 0.6 is 24.0 Å². The van der Waals surface area contributed by atoms with Crippen LogP contribution in [0.2, 0.25) is 0 Å². The molecule has 0 amide bonds. The number of benzene rings is 2. The van der Waals surface area contributed by atoms with Crippen LogP contribution in [-0.4, -0.2) is 26.7 Å². The minimum Gasteiger partial charge on any atom is -0.380 e. The average Bonchev–Trinajstić information content (AvgIpc) is 3.44. The van der Waals surface area contributed by atoms with Crippen molar-refractivity contribution in [2.75, 3.05) is 20.7 Å². The fourth-order valence-electron chi connectivity index (χ4n) is 3.22. The average molecular weight is 483 g/mol. The third kappa shape index (κ3) is 5.65. The molecule has 1 fully saturated rings. The van der Waals surface area contributed by atoms with E-state index >= 15 is 0 Å². The Kier molecular flexibility index (Phi) is 8.04. The maximum atomic E-state index is 13.5. The number of hydrogen-bond acceptors (Lipinski definition) is 2. The quantitative estimate of drug-likeness (QED) is 0.356. The van der Waals surface area contributed by atoms with Crippen molar-refractivity contribution < 1.29 is 9.13 Å². The van der Waals surface area contributed by atoms with Gasteiger partial charge in [-0.25, -0.2) is 4.39 Å². The van der Waals surface area contributed by atoms with E-state index < -0.39 is 0 Å². The van der Waals surface area contributed by atoms with Gasteiger partial charge >= 0.3 is 0 Å². The van der Waals surface area contributed by atoms with E-state index in [-0.39, 0.29) is 35.2 Å². The zero-order chi connectivity index (χ0) is 18.4. The number of methoxy groups -OCH3 is 1. The Balaban J connectivity index is 0.00000261. The maximum absolute atomic E-state index is 13.5. The largest absolute Gasteiger partial charge is 0.380 e. The van der Waals surface area contributed by atoms with E-state index in [2.05, 4.69) is 27.8 Å². The van der Waals surface area contributed by atoms with Gasteiger partial charge in [-0.15, -0.1) is 24.0 Å². The van der Waals surface area contributed by atoms with Gasteiger partial charge in [0.2, 0.25) is 0 Å². The molecule has 1 saturated carbocycles. The molecule has 27 heavy (non-hydrogen) atoms. The van der Waals surface area contributed by atoms with Crippen molar-refractivity contribution in [1.82, 2.24) is 10.6 Å². The highest BCUT2D eigenvalue weighted by atomic mass is 127. The molecule has 0 aliphatic heterocycles. The molecule has 0 atom stereocenters. The van der Waals surface area contributed by atoms with Gasteiger partial charge in [0.05, 0.1) is 6.61 Å². The molecule has 1 aliphatic carbocycles. The van der Waals surface area contributed by atoms with Crippen LogP contribution < -0.4 is 10.6 Å². The molecular formula is C21H27FIN3O. The number of guanidine groups is 1. The first-order chi connectivity index (χ1) is 12.7. The lowest BCUT2D eigenvalue weighted by Gasteiger charge is -2.19. The van der Waals surface area contributed by atoms with E-state index in [1.165, 1.54) is 11.6 Å². The van der Waals surface area contributed by atoms with Crippen LogP contribution in [0, 0.1) is 5.82 Å². The number of rotatable bonds is 7.